The lowest BCUT2D eigenvalue weighted by atomic mass is 9.88. The van der Waals surface area contributed by atoms with Gasteiger partial charge in [-0.05, 0) is 19.3 Å². The van der Waals surface area contributed by atoms with Gasteiger partial charge >= 0.3 is 11.9 Å². The van der Waals surface area contributed by atoms with Crippen molar-refractivity contribution in [2.75, 3.05) is 19.8 Å². The van der Waals surface area contributed by atoms with E-state index < -0.39 is 17.4 Å². The summed E-state index contributed by atoms with van der Waals surface area (Å²) in [5.41, 5.74) is -0.667. The van der Waals surface area contributed by atoms with Gasteiger partial charge in [-0.25, -0.2) is 0 Å². The lowest BCUT2D eigenvalue weighted by Gasteiger charge is -2.24. The molecule has 0 aliphatic heterocycles. The Balaban J connectivity index is -0.000000423. The van der Waals surface area contributed by atoms with E-state index in [0.717, 1.165) is 25.7 Å². The van der Waals surface area contributed by atoms with E-state index in [2.05, 4.69) is 13.8 Å². The van der Waals surface area contributed by atoms with Crippen LogP contribution >= 0.6 is 0 Å². The third-order valence-corrected chi connectivity index (χ3v) is 5.74. The predicted octanol–water partition coefficient (Wildman–Crippen LogP) is 5.78. The van der Waals surface area contributed by atoms with E-state index in [4.69, 9.17) is 25.5 Å². The molecule has 0 amide bonds. The Morgan fingerprint density at radius 3 is 0.970 bits per heavy atom. The van der Waals surface area contributed by atoms with Crippen molar-refractivity contribution in [3.8, 4) is 0 Å². The molecule has 0 saturated carbocycles. The van der Waals surface area contributed by atoms with Crippen LogP contribution in [0.15, 0.2) is 0 Å². The van der Waals surface area contributed by atoms with Crippen molar-refractivity contribution >= 4 is 11.9 Å². The molecule has 0 radical (unpaired) electrons. The molecule has 0 aromatic heterocycles. The standard InChI is InChI=1S/C12H24O2.C8H16O2.C6H14O3/c1-2-3-4-5-6-7-8-9-10-11-12(13)14;1-2-3-4-5-6-7-8(9)10;1-2-6(3-7,4-8)5-9/h2-11H2,1H3,(H,13,14);2-7H2,1H3,(H,9,10);7-9H,2-5H2,1H3. The van der Waals surface area contributed by atoms with E-state index in [-0.39, 0.29) is 19.8 Å². The van der Waals surface area contributed by atoms with Gasteiger partial charge < -0.3 is 25.5 Å². The first-order chi connectivity index (χ1) is 15.8. The van der Waals surface area contributed by atoms with E-state index in [1.165, 1.54) is 64.2 Å². The van der Waals surface area contributed by atoms with Crippen LogP contribution in [0.4, 0.5) is 0 Å². The Labute approximate surface area is 202 Å². The van der Waals surface area contributed by atoms with Gasteiger partial charge in [-0.2, -0.15) is 0 Å². The van der Waals surface area contributed by atoms with Crippen LogP contribution in [0.3, 0.4) is 0 Å². The third kappa shape index (κ3) is 30.8. The van der Waals surface area contributed by atoms with Gasteiger partial charge in [0.2, 0.25) is 0 Å². The molecule has 5 N–H and O–H groups in total. The van der Waals surface area contributed by atoms with E-state index >= 15 is 0 Å². The second kappa shape index (κ2) is 28.9. The van der Waals surface area contributed by atoms with Crippen LogP contribution in [0.5, 0.6) is 0 Å². The highest BCUT2D eigenvalue weighted by atomic mass is 16.4. The van der Waals surface area contributed by atoms with Gasteiger partial charge in [-0.15, -0.1) is 0 Å². The summed E-state index contributed by atoms with van der Waals surface area (Å²) in [6.45, 7) is 5.73. The summed E-state index contributed by atoms with van der Waals surface area (Å²) in [6.07, 6.45) is 18.0. The second-order valence-electron chi connectivity index (χ2n) is 8.86. The van der Waals surface area contributed by atoms with E-state index in [1.54, 1.807) is 0 Å². The van der Waals surface area contributed by atoms with Crippen LogP contribution in [-0.4, -0.2) is 57.3 Å². The largest absolute Gasteiger partial charge is 0.481 e. The molecule has 0 aromatic rings. The highest BCUT2D eigenvalue weighted by Gasteiger charge is 2.24. The topological polar surface area (TPSA) is 135 Å². The molecule has 7 nitrogen and oxygen atoms in total. The number of aliphatic hydroxyl groups is 3. The van der Waals surface area contributed by atoms with Crippen LogP contribution in [0.2, 0.25) is 0 Å². The first kappa shape index (κ1) is 36.4. The summed E-state index contributed by atoms with van der Waals surface area (Å²) in [5.74, 6) is -1.33. The number of rotatable bonds is 20. The van der Waals surface area contributed by atoms with Crippen LogP contribution in [0, 0.1) is 5.41 Å². The maximum atomic E-state index is 10.2. The molecule has 0 bridgehead atoms. The molecule has 0 unspecified atom stereocenters. The molecule has 200 valence electrons. The molecular formula is C26H54O7. The minimum absolute atomic E-state index is 0.156. The first-order valence-electron chi connectivity index (χ1n) is 13.0. The van der Waals surface area contributed by atoms with Crippen molar-refractivity contribution in [1.82, 2.24) is 0 Å². The fraction of sp³-hybridized carbons (Fsp3) is 0.923. The van der Waals surface area contributed by atoms with E-state index in [0.29, 0.717) is 19.3 Å². The number of hydrogen-bond donors (Lipinski definition) is 5. The summed E-state index contributed by atoms with van der Waals surface area (Å²) in [4.78, 5) is 20.2. The lowest BCUT2D eigenvalue weighted by Crippen LogP contribution is -2.32. The Bertz CT molecular complexity index is 392. The lowest BCUT2D eigenvalue weighted by molar-refractivity contribution is -0.138. The molecule has 0 fully saturated rings. The molecule has 0 aliphatic carbocycles. The van der Waals surface area contributed by atoms with Gasteiger partial charge in [-0.1, -0.05) is 97.8 Å². The van der Waals surface area contributed by atoms with Crippen molar-refractivity contribution in [1.29, 1.82) is 0 Å². The summed E-state index contributed by atoms with van der Waals surface area (Å²) >= 11 is 0. The zero-order valence-corrected chi connectivity index (χ0v) is 21.7. The summed E-state index contributed by atoms with van der Waals surface area (Å²) < 4.78 is 0. The van der Waals surface area contributed by atoms with Crippen LogP contribution in [0.25, 0.3) is 0 Å². The quantitative estimate of drug-likeness (QED) is 0.140. The maximum absolute atomic E-state index is 10.2. The van der Waals surface area contributed by atoms with E-state index in [1.807, 2.05) is 6.92 Å². The SMILES string of the molecule is CCC(CO)(CO)CO.CCCCCCCC(=O)O.CCCCCCCCCCCC(=O)O. The third-order valence-electron chi connectivity index (χ3n) is 5.74. The average molecular weight is 479 g/mol. The summed E-state index contributed by atoms with van der Waals surface area (Å²) in [5, 5.41) is 42.7. The second-order valence-corrected chi connectivity index (χ2v) is 8.86. The molecule has 0 aromatic carbocycles. The normalized spacial score (nSPS) is 10.6. The molecule has 33 heavy (non-hydrogen) atoms. The van der Waals surface area contributed by atoms with Gasteiger partial charge in [0.25, 0.3) is 0 Å². The Morgan fingerprint density at radius 1 is 0.515 bits per heavy atom. The Hall–Kier alpha value is -1.18. The minimum Gasteiger partial charge on any atom is -0.481 e. The zero-order valence-electron chi connectivity index (χ0n) is 21.7. The molecule has 0 rings (SSSR count). The van der Waals surface area contributed by atoms with Gasteiger partial charge in [0.15, 0.2) is 0 Å². The summed E-state index contributed by atoms with van der Waals surface area (Å²) in [7, 11) is 0. The van der Waals surface area contributed by atoms with Crippen molar-refractivity contribution in [3.63, 3.8) is 0 Å². The van der Waals surface area contributed by atoms with Crippen LogP contribution in [0.1, 0.15) is 130 Å². The number of hydrogen-bond acceptors (Lipinski definition) is 5. The average Bonchev–Trinajstić information content (AvgIpc) is 2.80. The van der Waals surface area contributed by atoms with Crippen LogP contribution in [-0.2, 0) is 9.59 Å². The van der Waals surface area contributed by atoms with Crippen molar-refractivity contribution in [2.45, 2.75) is 130 Å². The van der Waals surface area contributed by atoms with Crippen molar-refractivity contribution in [2.24, 2.45) is 5.41 Å². The summed E-state index contributed by atoms with van der Waals surface area (Å²) in [6, 6.07) is 0. The number of aliphatic hydroxyl groups excluding tert-OH is 3. The minimum atomic E-state index is -0.670. The monoisotopic (exact) mass is 478 g/mol. The van der Waals surface area contributed by atoms with Gasteiger partial charge in [0, 0.05) is 18.3 Å². The molecule has 0 aliphatic rings. The number of aliphatic carboxylic acids is 2. The van der Waals surface area contributed by atoms with Crippen LogP contribution < -0.4 is 0 Å². The zero-order chi connectivity index (χ0) is 25.8. The number of carboxylic acid groups (broad SMARTS) is 2. The number of carboxylic acids is 2. The molecule has 0 heterocycles. The fourth-order valence-corrected chi connectivity index (χ4v) is 2.95. The molecule has 0 spiro atoms. The van der Waals surface area contributed by atoms with Crippen molar-refractivity contribution in [3.05, 3.63) is 0 Å². The van der Waals surface area contributed by atoms with E-state index in [9.17, 15) is 9.59 Å². The Kier molecular flexibility index (Phi) is 31.8. The molecule has 7 heteroatoms. The smallest absolute Gasteiger partial charge is 0.303 e. The maximum Gasteiger partial charge on any atom is 0.303 e. The highest BCUT2D eigenvalue weighted by Crippen LogP contribution is 2.18. The van der Waals surface area contributed by atoms with Gasteiger partial charge in [-0.3, -0.25) is 9.59 Å². The van der Waals surface area contributed by atoms with Crippen molar-refractivity contribution < 1.29 is 35.1 Å². The molecular weight excluding hydrogens is 424 g/mol. The Morgan fingerprint density at radius 2 is 0.788 bits per heavy atom. The predicted molar refractivity (Wildman–Crippen MR) is 134 cm³/mol. The first-order valence-corrected chi connectivity index (χ1v) is 13.0. The van der Waals surface area contributed by atoms with Gasteiger partial charge in [0.1, 0.15) is 0 Å². The fourth-order valence-electron chi connectivity index (χ4n) is 2.95. The molecule has 0 atom stereocenters. The highest BCUT2D eigenvalue weighted by molar-refractivity contribution is 5.66. The molecule has 0 saturated heterocycles. The van der Waals surface area contributed by atoms with Gasteiger partial charge in [0.05, 0.1) is 19.8 Å². The number of unbranched alkanes of at least 4 members (excludes halogenated alkanes) is 12. The number of carbonyl (C=O) groups is 2.